The molecule has 0 spiro atoms. The number of nitrogens with one attached hydrogen (secondary N) is 1. The summed E-state index contributed by atoms with van der Waals surface area (Å²) in [5.74, 6) is -1.21. The first-order valence-corrected chi connectivity index (χ1v) is 7.30. The van der Waals surface area contributed by atoms with Gasteiger partial charge in [0.15, 0.2) is 0 Å². The highest BCUT2D eigenvalue weighted by Gasteiger charge is 2.31. The van der Waals surface area contributed by atoms with Gasteiger partial charge in [-0.2, -0.15) is 0 Å². The van der Waals surface area contributed by atoms with Gasteiger partial charge >= 0.3 is 5.97 Å². The number of benzene rings is 1. The number of halogens is 1. The van der Waals surface area contributed by atoms with Gasteiger partial charge in [-0.25, -0.2) is 4.79 Å². The van der Waals surface area contributed by atoms with Gasteiger partial charge in [-0.1, -0.05) is 12.8 Å². The SMILES string of the molecule is NC1(CC(=O)Nc2cc(C(=O)O)ccc2Br)CCCC1. The van der Waals surface area contributed by atoms with Gasteiger partial charge in [0.05, 0.1) is 11.3 Å². The van der Waals surface area contributed by atoms with Crippen LogP contribution in [0.25, 0.3) is 0 Å². The summed E-state index contributed by atoms with van der Waals surface area (Å²) in [6.45, 7) is 0. The van der Waals surface area contributed by atoms with Crippen molar-refractivity contribution in [3.63, 3.8) is 0 Å². The average Bonchev–Trinajstić information content (AvgIpc) is 2.78. The molecule has 6 heteroatoms. The first kappa shape index (κ1) is 15.0. The summed E-state index contributed by atoms with van der Waals surface area (Å²) in [4.78, 5) is 23.0. The van der Waals surface area contributed by atoms with E-state index in [0.29, 0.717) is 10.2 Å². The molecule has 1 saturated carbocycles. The molecule has 2 rings (SSSR count). The van der Waals surface area contributed by atoms with E-state index in [4.69, 9.17) is 10.8 Å². The Balaban J connectivity index is 2.07. The summed E-state index contributed by atoms with van der Waals surface area (Å²) < 4.78 is 0.647. The molecule has 0 aliphatic heterocycles. The third-order valence-electron chi connectivity index (χ3n) is 3.60. The number of anilines is 1. The molecule has 0 radical (unpaired) electrons. The van der Waals surface area contributed by atoms with Gasteiger partial charge in [0.2, 0.25) is 5.91 Å². The minimum absolute atomic E-state index is 0.131. The molecular weight excluding hydrogens is 324 g/mol. The molecule has 1 aliphatic carbocycles. The number of amides is 1. The number of hydrogen-bond acceptors (Lipinski definition) is 3. The predicted octanol–water partition coefficient (Wildman–Crippen LogP) is 2.75. The number of carboxylic acid groups (broad SMARTS) is 1. The van der Waals surface area contributed by atoms with Crippen LogP contribution in [-0.4, -0.2) is 22.5 Å². The third kappa shape index (κ3) is 3.58. The number of nitrogens with two attached hydrogens (primary N) is 1. The third-order valence-corrected chi connectivity index (χ3v) is 4.29. The Kier molecular flexibility index (Phi) is 4.45. The molecule has 4 N–H and O–H groups in total. The summed E-state index contributed by atoms with van der Waals surface area (Å²) in [6.07, 6.45) is 4.09. The zero-order valence-corrected chi connectivity index (χ0v) is 12.6. The first-order chi connectivity index (χ1) is 9.39. The normalized spacial score (nSPS) is 16.9. The quantitative estimate of drug-likeness (QED) is 0.785. The number of carboxylic acids is 1. The fourth-order valence-corrected chi connectivity index (χ4v) is 2.87. The van der Waals surface area contributed by atoms with Crippen LogP contribution in [0.2, 0.25) is 0 Å². The number of hydrogen-bond donors (Lipinski definition) is 3. The van der Waals surface area contributed by atoms with Crippen molar-refractivity contribution in [2.45, 2.75) is 37.6 Å². The van der Waals surface area contributed by atoms with Crippen molar-refractivity contribution in [3.05, 3.63) is 28.2 Å². The highest BCUT2D eigenvalue weighted by atomic mass is 79.9. The van der Waals surface area contributed by atoms with Gasteiger partial charge in [-0.05, 0) is 47.0 Å². The van der Waals surface area contributed by atoms with E-state index in [0.717, 1.165) is 25.7 Å². The largest absolute Gasteiger partial charge is 0.478 e. The molecule has 0 atom stereocenters. The average molecular weight is 341 g/mol. The molecule has 0 heterocycles. The van der Waals surface area contributed by atoms with E-state index < -0.39 is 11.5 Å². The molecular formula is C14H17BrN2O3. The monoisotopic (exact) mass is 340 g/mol. The smallest absolute Gasteiger partial charge is 0.335 e. The van der Waals surface area contributed by atoms with Gasteiger partial charge in [0, 0.05) is 16.4 Å². The lowest BCUT2D eigenvalue weighted by molar-refractivity contribution is -0.117. The van der Waals surface area contributed by atoms with E-state index in [1.54, 1.807) is 6.07 Å². The maximum absolute atomic E-state index is 12.0. The molecule has 0 unspecified atom stereocenters. The molecule has 5 nitrogen and oxygen atoms in total. The summed E-state index contributed by atoms with van der Waals surface area (Å²) in [6, 6.07) is 4.51. The first-order valence-electron chi connectivity index (χ1n) is 6.51. The van der Waals surface area contributed by atoms with Crippen LogP contribution in [-0.2, 0) is 4.79 Å². The van der Waals surface area contributed by atoms with E-state index in [1.165, 1.54) is 12.1 Å². The van der Waals surface area contributed by atoms with Gasteiger partial charge in [-0.15, -0.1) is 0 Å². The lowest BCUT2D eigenvalue weighted by Gasteiger charge is -2.22. The van der Waals surface area contributed by atoms with Crippen molar-refractivity contribution in [3.8, 4) is 0 Å². The van der Waals surface area contributed by atoms with Crippen LogP contribution < -0.4 is 11.1 Å². The summed E-state index contributed by atoms with van der Waals surface area (Å²) in [5.41, 5.74) is 6.33. The number of carbonyl (C=O) groups excluding carboxylic acids is 1. The molecule has 108 valence electrons. The standard InChI is InChI=1S/C14H17BrN2O3/c15-10-4-3-9(13(19)20)7-11(10)17-12(18)8-14(16)5-1-2-6-14/h3-4,7H,1-2,5-6,8,16H2,(H,17,18)(H,19,20). The molecule has 1 aromatic carbocycles. The second kappa shape index (κ2) is 5.93. The highest BCUT2D eigenvalue weighted by Crippen LogP contribution is 2.31. The van der Waals surface area contributed by atoms with Crippen molar-refractivity contribution in [1.29, 1.82) is 0 Å². The Morgan fingerprint density at radius 2 is 2.00 bits per heavy atom. The molecule has 1 amide bonds. The van der Waals surface area contributed by atoms with Crippen LogP contribution in [0.15, 0.2) is 22.7 Å². The second-order valence-electron chi connectivity index (χ2n) is 5.29. The highest BCUT2D eigenvalue weighted by molar-refractivity contribution is 9.10. The fraction of sp³-hybridized carbons (Fsp3) is 0.429. The van der Waals surface area contributed by atoms with Crippen LogP contribution in [0, 0.1) is 0 Å². The summed E-state index contributed by atoms with van der Waals surface area (Å²) >= 11 is 3.30. The Bertz CT molecular complexity index is 539. The number of rotatable bonds is 4. The van der Waals surface area contributed by atoms with E-state index in [-0.39, 0.29) is 17.9 Å². The van der Waals surface area contributed by atoms with Gasteiger partial charge in [0.25, 0.3) is 0 Å². The lowest BCUT2D eigenvalue weighted by Crippen LogP contribution is -2.40. The maximum Gasteiger partial charge on any atom is 0.335 e. The number of aromatic carboxylic acids is 1. The van der Waals surface area contributed by atoms with Crippen molar-refractivity contribution < 1.29 is 14.7 Å². The Morgan fingerprint density at radius 3 is 2.60 bits per heavy atom. The topological polar surface area (TPSA) is 92.4 Å². The molecule has 0 saturated heterocycles. The van der Waals surface area contributed by atoms with E-state index in [9.17, 15) is 9.59 Å². The molecule has 1 fully saturated rings. The number of carbonyl (C=O) groups is 2. The van der Waals surface area contributed by atoms with Crippen molar-refractivity contribution in [2.24, 2.45) is 5.73 Å². The molecule has 1 aliphatic rings. The van der Waals surface area contributed by atoms with Crippen molar-refractivity contribution in [1.82, 2.24) is 0 Å². The minimum atomic E-state index is -1.03. The summed E-state index contributed by atoms with van der Waals surface area (Å²) in [5, 5.41) is 11.7. The maximum atomic E-state index is 12.0. The van der Waals surface area contributed by atoms with Crippen LogP contribution in [0.1, 0.15) is 42.5 Å². The van der Waals surface area contributed by atoms with Gasteiger partial charge < -0.3 is 16.2 Å². The van der Waals surface area contributed by atoms with Crippen molar-refractivity contribution in [2.75, 3.05) is 5.32 Å². The zero-order valence-electron chi connectivity index (χ0n) is 11.0. The predicted molar refractivity (Wildman–Crippen MR) is 79.7 cm³/mol. The van der Waals surface area contributed by atoms with Crippen LogP contribution in [0.3, 0.4) is 0 Å². The van der Waals surface area contributed by atoms with E-state index in [1.807, 2.05) is 0 Å². The van der Waals surface area contributed by atoms with Crippen LogP contribution >= 0.6 is 15.9 Å². The van der Waals surface area contributed by atoms with Gasteiger partial charge in [-0.3, -0.25) is 4.79 Å². The van der Waals surface area contributed by atoms with Gasteiger partial charge in [0.1, 0.15) is 0 Å². The Morgan fingerprint density at radius 1 is 1.35 bits per heavy atom. The molecule has 0 aromatic heterocycles. The van der Waals surface area contributed by atoms with E-state index in [2.05, 4.69) is 21.2 Å². The Labute approximate surface area is 125 Å². The Hall–Kier alpha value is -1.40. The molecule has 1 aromatic rings. The minimum Gasteiger partial charge on any atom is -0.478 e. The second-order valence-corrected chi connectivity index (χ2v) is 6.15. The van der Waals surface area contributed by atoms with Crippen LogP contribution in [0.4, 0.5) is 5.69 Å². The zero-order chi connectivity index (χ0) is 14.8. The molecule has 20 heavy (non-hydrogen) atoms. The van der Waals surface area contributed by atoms with Crippen LogP contribution in [0.5, 0.6) is 0 Å². The van der Waals surface area contributed by atoms with E-state index >= 15 is 0 Å². The summed E-state index contributed by atoms with van der Waals surface area (Å²) in [7, 11) is 0. The van der Waals surface area contributed by atoms with Crippen molar-refractivity contribution >= 4 is 33.5 Å². The lowest BCUT2D eigenvalue weighted by atomic mass is 9.94. The fourth-order valence-electron chi connectivity index (χ4n) is 2.52. The molecule has 0 bridgehead atoms.